The largest absolute Gasteiger partial charge is 0.492 e. The molecule has 2 fully saturated rings. The molecule has 1 saturated heterocycles. The van der Waals surface area contributed by atoms with Gasteiger partial charge in [0.1, 0.15) is 17.3 Å². The maximum absolute atomic E-state index is 12.4. The molecule has 2 atom stereocenters. The molecule has 0 spiro atoms. The molecule has 2 aliphatic rings. The van der Waals surface area contributed by atoms with Gasteiger partial charge in [0.05, 0.1) is 34.9 Å². The van der Waals surface area contributed by atoms with E-state index in [9.17, 15) is 4.79 Å². The van der Waals surface area contributed by atoms with Crippen molar-refractivity contribution in [2.45, 2.75) is 6.92 Å². The van der Waals surface area contributed by atoms with Crippen molar-refractivity contribution in [3.63, 3.8) is 0 Å². The lowest BCUT2D eigenvalue weighted by Crippen LogP contribution is -2.31. The molecule has 5 aromatic rings. The summed E-state index contributed by atoms with van der Waals surface area (Å²) in [7, 11) is 0. The number of aromatic nitrogens is 6. The number of amides is 1. The molecule has 1 aliphatic carbocycles. The van der Waals surface area contributed by atoms with Crippen LogP contribution in [0.15, 0.2) is 55.1 Å². The van der Waals surface area contributed by atoms with Crippen LogP contribution in [0.25, 0.3) is 27.7 Å². The molecule has 0 radical (unpaired) electrons. The van der Waals surface area contributed by atoms with Gasteiger partial charge in [0, 0.05) is 43.2 Å². The van der Waals surface area contributed by atoms with Gasteiger partial charge in [0.15, 0.2) is 5.65 Å². The molecule has 10 nitrogen and oxygen atoms in total. The Hall–Kier alpha value is -4.18. The molecule has 0 aromatic carbocycles. The minimum absolute atomic E-state index is 0.219. The minimum atomic E-state index is -0.219. The Morgan fingerprint density at radius 2 is 2.08 bits per heavy atom. The van der Waals surface area contributed by atoms with Gasteiger partial charge in [-0.05, 0) is 55.0 Å². The van der Waals surface area contributed by atoms with E-state index in [1.165, 1.54) is 0 Å². The van der Waals surface area contributed by atoms with Gasteiger partial charge in [0.25, 0.3) is 5.91 Å². The van der Waals surface area contributed by atoms with Gasteiger partial charge in [-0.25, -0.2) is 14.5 Å². The van der Waals surface area contributed by atoms with Gasteiger partial charge in [-0.2, -0.15) is 5.10 Å². The molecule has 11 heteroatoms. The third-order valence-electron chi connectivity index (χ3n) is 7.64. The zero-order valence-corrected chi connectivity index (χ0v) is 21.4. The van der Waals surface area contributed by atoms with E-state index in [1.807, 2.05) is 29.9 Å². The van der Waals surface area contributed by atoms with Crippen molar-refractivity contribution in [2.75, 3.05) is 31.1 Å². The van der Waals surface area contributed by atoms with Gasteiger partial charge in [0.2, 0.25) is 0 Å². The Kier molecular flexibility index (Phi) is 5.43. The van der Waals surface area contributed by atoms with Crippen LogP contribution in [0.1, 0.15) is 17.4 Å². The van der Waals surface area contributed by atoms with E-state index < -0.39 is 0 Å². The van der Waals surface area contributed by atoms with Crippen molar-refractivity contribution in [1.82, 2.24) is 35.1 Å². The van der Waals surface area contributed by atoms with E-state index in [4.69, 9.17) is 21.3 Å². The second-order valence-corrected chi connectivity index (χ2v) is 10.2. The topological polar surface area (TPSA) is 113 Å². The Morgan fingerprint density at radius 1 is 1.21 bits per heavy atom. The standard InChI is InChI=1S/C27H25ClN8O2/c1-2-38-16-8-17(25-19-11-32-33-26(19)34-36(25)12-16)15-5-6-23(30-9-15)35-13-20-18(21(20)14-35)10-31-27(37)24-22(28)4-3-7-29-24/h3-9,11-12,18,20-21H,2,10,13-14H2,1H3,(H,31,37)(H,33,34). The van der Waals surface area contributed by atoms with Crippen LogP contribution in [0.4, 0.5) is 5.82 Å². The summed E-state index contributed by atoms with van der Waals surface area (Å²) in [5.74, 6) is 3.08. The molecule has 2 N–H and O–H groups in total. The summed E-state index contributed by atoms with van der Waals surface area (Å²) in [5.41, 5.74) is 3.95. The number of carbonyl (C=O) groups is 1. The fourth-order valence-corrected chi connectivity index (χ4v) is 5.93. The lowest BCUT2D eigenvalue weighted by Gasteiger charge is -2.21. The molecule has 2 unspecified atom stereocenters. The average molecular weight is 529 g/mol. The third-order valence-corrected chi connectivity index (χ3v) is 7.94. The minimum Gasteiger partial charge on any atom is -0.492 e. The monoisotopic (exact) mass is 528 g/mol. The number of carbonyl (C=O) groups excluding carboxylic acids is 1. The van der Waals surface area contributed by atoms with Crippen LogP contribution in [0.5, 0.6) is 5.75 Å². The van der Waals surface area contributed by atoms with Crippen LogP contribution >= 0.6 is 11.6 Å². The molecule has 192 valence electrons. The maximum atomic E-state index is 12.4. The number of pyridine rings is 3. The smallest absolute Gasteiger partial charge is 0.271 e. The average Bonchev–Trinajstić information content (AvgIpc) is 3.32. The summed E-state index contributed by atoms with van der Waals surface area (Å²) in [4.78, 5) is 23.7. The predicted octanol–water partition coefficient (Wildman–Crippen LogP) is 3.83. The molecule has 1 aliphatic heterocycles. The van der Waals surface area contributed by atoms with Crippen molar-refractivity contribution >= 4 is 39.9 Å². The van der Waals surface area contributed by atoms with Crippen LogP contribution in [0.3, 0.4) is 0 Å². The summed E-state index contributed by atoms with van der Waals surface area (Å²) in [5, 5.41) is 16.0. The number of nitrogens with one attached hydrogen (secondary N) is 2. The Bertz CT molecular complexity index is 1650. The highest BCUT2D eigenvalue weighted by molar-refractivity contribution is 6.33. The van der Waals surface area contributed by atoms with Crippen LogP contribution in [0.2, 0.25) is 5.02 Å². The molecule has 6 heterocycles. The first-order chi connectivity index (χ1) is 18.6. The van der Waals surface area contributed by atoms with Crippen molar-refractivity contribution in [3.8, 4) is 16.9 Å². The molecule has 7 rings (SSSR count). The number of H-pyrrole nitrogens is 1. The fraction of sp³-hybridized carbons (Fsp3) is 0.296. The highest BCUT2D eigenvalue weighted by Crippen LogP contribution is 2.52. The van der Waals surface area contributed by atoms with Gasteiger partial charge in [-0.15, -0.1) is 5.10 Å². The van der Waals surface area contributed by atoms with E-state index >= 15 is 0 Å². The number of rotatable bonds is 7. The Morgan fingerprint density at radius 3 is 2.84 bits per heavy atom. The number of anilines is 1. The first-order valence-corrected chi connectivity index (χ1v) is 13.1. The number of piperidine rings is 1. The van der Waals surface area contributed by atoms with Crippen molar-refractivity contribution in [3.05, 3.63) is 65.8 Å². The summed E-state index contributed by atoms with van der Waals surface area (Å²) >= 11 is 6.10. The molecular weight excluding hydrogens is 504 g/mol. The maximum Gasteiger partial charge on any atom is 0.271 e. The van der Waals surface area contributed by atoms with Crippen molar-refractivity contribution < 1.29 is 9.53 Å². The van der Waals surface area contributed by atoms with Crippen LogP contribution < -0.4 is 15.0 Å². The molecule has 5 aromatic heterocycles. The second kappa shape index (κ2) is 8.98. The number of hydrogen-bond donors (Lipinski definition) is 2. The quantitative estimate of drug-likeness (QED) is 0.330. The molecular formula is C27H25ClN8O2. The van der Waals surface area contributed by atoms with Gasteiger partial charge >= 0.3 is 0 Å². The highest BCUT2D eigenvalue weighted by atomic mass is 35.5. The molecule has 38 heavy (non-hydrogen) atoms. The van der Waals surface area contributed by atoms with Gasteiger partial charge in [-0.3, -0.25) is 9.89 Å². The van der Waals surface area contributed by atoms with E-state index in [0.717, 1.165) is 52.3 Å². The van der Waals surface area contributed by atoms with E-state index in [-0.39, 0.29) is 11.6 Å². The summed E-state index contributed by atoms with van der Waals surface area (Å²) in [6.45, 7) is 5.05. The number of aromatic amines is 1. The first-order valence-electron chi connectivity index (χ1n) is 12.7. The Balaban J connectivity index is 1.04. The zero-order chi connectivity index (χ0) is 25.8. The summed E-state index contributed by atoms with van der Waals surface area (Å²) < 4.78 is 7.63. The Labute approximate surface area is 223 Å². The molecule has 1 saturated carbocycles. The van der Waals surface area contributed by atoms with Gasteiger partial charge < -0.3 is 15.0 Å². The normalized spacial score (nSPS) is 20.2. The van der Waals surface area contributed by atoms with Crippen molar-refractivity contribution in [2.24, 2.45) is 17.8 Å². The van der Waals surface area contributed by atoms with Crippen LogP contribution in [-0.4, -0.2) is 61.9 Å². The molecule has 0 bridgehead atoms. The second-order valence-electron chi connectivity index (χ2n) is 9.79. The first kappa shape index (κ1) is 23.0. The number of hydrogen-bond acceptors (Lipinski definition) is 7. The van der Waals surface area contributed by atoms with Crippen molar-refractivity contribution in [1.29, 1.82) is 0 Å². The number of fused-ring (bicyclic) bond motifs is 4. The predicted molar refractivity (Wildman–Crippen MR) is 144 cm³/mol. The number of halogens is 1. The third kappa shape index (κ3) is 3.83. The number of ether oxygens (including phenoxy) is 1. The summed E-state index contributed by atoms with van der Waals surface area (Å²) in [6.07, 6.45) is 7.17. The fourth-order valence-electron chi connectivity index (χ4n) is 5.72. The van der Waals surface area contributed by atoms with E-state index in [1.54, 1.807) is 24.5 Å². The molecule has 1 amide bonds. The zero-order valence-electron chi connectivity index (χ0n) is 20.6. The van der Waals surface area contributed by atoms with Crippen LogP contribution in [0, 0.1) is 17.8 Å². The number of nitrogens with zero attached hydrogens (tertiary/aromatic N) is 6. The van der Waals surface area contributed by atoms with Crippen LogP contribution in [-0.2, 0) is 0 Å². The van der Waals surface area contributed by atoms with E-state index in [2.05, 4.69) is 42.6 Å². The summed E-state index contributed by atoms with van der Waals surface area (Å²) in [6, 6.07) is 9.61. The lowest BCUT2D eigenvalue weighted by atomic mass is 10.1. The van der Waals surface area contributed by atoms with E-state index in [0.29, 0.717) is 35.9 Å². The van der Waals surface area contributed by atoms with Gasteiger partial charge in [-0.1, -0.05) is 11.6 Å². The lowest BCUT2D eigenvalue weighted by molar-refractivity contribution is 0.0946. The SMILES string of the molecule is CCOc1cc(-c2ccc(N3CC4C(CNC(=O)c5ncccc5Cl)C4C3)nc2)c2c3cn[nH]c3nn2c1. The highest BCUT2D eigenvalue weighted by Gasteiger charge is 2.55.